The summed E-state index contributed by atoms with van der Waals surface area (Å²) in [4.78, 5) is 1.69. The van der Waals surface area contributed by atoms with E-state index in [4.69, 9.17) is 4.74 Å². The van der Waals surface area contributed by atoms with Crippen LogP contribution >= 0.6 is 11.8 Å². The molecule has 0 bridgehead atoms. The molecule has 3 rings (SSSR count). The third-order valence-electron chi connectivity index (χ3n) is 3.80. The monoisotopic (exact) mass is 300 g/mol. The van der Waals surface area contributed by atoms with Gasteiger partial charge in [0.2, 0.25) is 0 Å². The minimum atomic E-state index is 0.636. The van der Waals surface area contributed by atoms with Crippen LogP contribution in [0.15, 0.2) is 54.6 Å². The molecule has 0 amide bonds. The molecule has 3 heteroatoms. The third kappa shape index (κ3) is 4.51. The number of hydrogen-bond donors (Lipinski definition) is 1. The molecule has 1 aliphatic heterocycles. The summed E-state index contributed by atoms with van der Waals surface area (Å²) in [6, 6.07) is 18.9. The highest BCUT2D eigenvalue weighted by atomic mass is 32.2. The average Bonchev–Trinajstić information content (AvgIpc) is 2.55. The molecule has 2 aromatic rings. The lowest BCUT2D eigenvalue weighted by molar-refractivity contribution is -0.910. The van der Waals surface area contributed by atoms with Gasteiger partial charge in [0.25, 0.3) is 0 Å². The van der Waals surface area contributed by atoms with Crippen molar-refractivity contribution >= 4 is 11.8 Å². The maximum absolute atomic E-state index is 5.91. The Labute approximate surface area is 131 Å². The Morgan fingerprint density at radius 3 is 2.48 bits per heavy atom. The lowest BCUT2D eigenvalue weighted by atomic mass is 10.2. The smallest absolute Gasteiger partial charge is 0.120 e. The predicted octanol–water partition coefficient (Wildman–Crippen LogP) is 2.40. The molecule has 0 spiro atoms. The van der Waals surface area contributed by atoms with Crippen LogP contribution in [0.2, 0.25) is 0 Å². The molecule has 2 nitrogen and oxygen atoms in total. The molecule has 2 aromatic carbocycles. The molecule has 0 saturated carbocycles. The second-order valence-corrected chi connectivity index (χ2v) is 6.69. The Balaban J connectivity index is 1.57. The van der Waals surface area contributed by atoms with Gasteiger partial charge in [0.1, 0.15) is 18.9 Å². The molecule has 1 N–H and O–H groups in total. The van der Waals surface area contributed by atoms with Crippen molar-refractivity contribution in [2.75, 3.05) is 24.6 Å². The van der Waals surface area contributed by atoms with E-state index in [2.05, 4.69) is 42.1 Å². The number of hydrogen-bond acceptors (Lipinski definition) is 2. The predicted molar refractivity (Wildman–Crippen MR) is 88.9 cm³/mol. The van der Waals surface area contributed by atoms with Crippen molar-refractivity contribution in [3.8, 4) is 5.75 Å². The van der Waals surface area contributed by atoms with E-state index in [9.17, 15) is 0 Å². The fourth-order valence-electron chi connectivity index (χ4n) is 2.61. The van der Waals surface area contributed by atoms with E-state index in [0.717, 1.165) is 12.3 Å². The molecule has 0 atom stereocenters. The maximum Gasteiger partial charge on any atom is 0.120 e. The number of ether oxygens (including phenoxy) is 1. The summed E-state index contributed by atoms with van der Waals surface area (Å²) >= 11 is 2.07. The van der Waals surface area contributed by atoms with Gasteiger partial charge in [0.05, 0.1) is 13.1 Å². The minimum Gasteiger partial charge on any atom is -0.489 e. The normalized spacial score (nSPS) is 15.8. The average molecular weight is 300 g/mol. The molecule has 1 fully saturated rings. The number of benzene rings is 2. The highest BCUT2D eigenvalue weighted by molar-refractivity contribution is 7.99. The fourth-order valence-corrected chi connectivity index (χ4v) is 3.68. The Bertz CT molecular complexity index is 552. The van der Waals surface area contributed by atoms with E-state index in [1.54, 1.807) is 4.90 Å². The van der Waals surface area contributed by atoms with Gasteiger partial charge in [-0.3, -0.25) is 0 Å². The molecule has 1 aliphatic rings. The Morgan fingerprint density at radius 1 is 0.905 bits per heavy atom. The zero-order valence-electron chi connectivity index (χ0n) is 12.3. The SMILES string of the molecule is c1ccc(COc2cccc(C[NH+]3CCSCC3)c2)cc1. The molecule has 1 saturated heterocycles. The van der Waals surface area contributed by atoms with E-state index in [1.807, 2.05) is 24.3 Å². The van der Waals surface area contributed by atoms with E-state index in [1.165, 1.54) is 35.7 Å². The van der Waals surface area contributed by atoms with Crippen molar-refractivity contribution in [2.24, 2.45) is 0 Å². The molecule has 1 heterocycles. The van der Waals surface area contributed by atoms with Crippen LogP contribution < -0.4 is 9.64 Å². The Morgan fingerprint density at radius 2 is 1.67 bits per heavy atom. The summed E-state index contributed by atoms with van der Waals surface area (Å²) in [5.74, 6) is 3.56. The van der Waals surface area contributed by atoms with E-state index in [0.29, 0.717) is 6.61 Å². The third-order valence-corrected chi connectivity index (χ3v) is 4.79. The number of thioether (sulfide) groups is 1. The van der Waals surface area contributed by atoms with Gasteiger partial charge in [-0.05, 0) is 17.7 Å². The van der Waals surface area contributed by atoms with E-state index in [-0.39, 0.29) is 0 Å². The molecular weight excluding hydrogens is 278 g/mol. The van der Waals surface area contributed by atoms with E-state index < -0.39 is 0 Å². The summed E-state index contributed by atoms with van der Waals surface area (Å²) in [5, 5.41) is 0. The lowest BCUT2D eigenvalue weighted by Gasteiger charge is -2.23. The Hall–Kier alpha value is -1.45. The zero-order valence-corrected chi connectivity index (χ0v) is 13.1. The fraction of sp³-hybridized carbons (Fsp3) is 0.333. The Kier molecular flexibility index (Phi) is 5.19. The highest BCUT2D eigenvalue weighted by Crippen LogP contribution is 2.15. The van der Waals surface area contributed by atoms with Crippen LogP contribution in [0.25, 0.3) is 0 Å². The molecule has 0 aliphatic carbocycles. The molecule has 21 heavy (non-hydrogen) atoms. The van der Waals surface area contributed by atoms with Crippen LogP contribution in [-0.4, -0.2) is 24.6 Å². The van der Waals surface area contributed by atoms with Gasteiger partial charge in [-0.15, -0.1) is 0 Å². The highest BCUT2D eigenvalue weighted by Gasteiger charge is 2.14. The summed E-state index contributed by atoms with van der Waals surface area (Å²) in [6.07, 6.45) is 0. The van der Waals surface area contributed by atoms with Crippen molar-refractivity contribution in [2.45, 2.75) is 13.2 Å². The lowest BCUT2D eigenvalue weighted by Crippen LogP contribution is -3.12. The van der Waals surface area contributed by atoms with Crippen LogP contribution in [0.1, 0.15) is 11.1 Å². The number of rotatable bonds is 5. The topological polar surface area (TPSA) is 13.7 Å². The zero-order chi connectivity index (χ0) is 14.3. The van der Waals surface area contributed by atoms with Crippen LogP contribution in [0.4, 0.5) is 0 Å². The standard InChI is InChI=1S/C18H21NOS/c1-2-5-16(6-3-1)15-20-18-8-4-7-17(13-18)14-19-9-11-21-12-10-19/h1-8,13H,9-12,14-15H2/p+1. The maximum atomic E-state index is 5.91. The summed E-state index contributed by atoms with van der Waals surface area (Å²) < 4.78 is 5.91. The largest absolute Gasteiger partial charge is 0.489 e. The molecule has 0 unspecified atom stereocenters. The van der Waals surface area contributed by atoms with Gasteiger partial charge in [-0.25, -0.2) is 0 Å². The van der Waals surface area contributed by atoms with Crippen LogP contribution in [0.5, 0.6) is 5.75 Å². The molecule has 0 radical (unpaired) electrons. The summed E-state index contributed by atoms with van der Waals surface area (Å²) in [6.45, 7) is 4.31. The van der Waals surface area contributed by atoms with Crippen LogP contribution in [0.3, 0.4) is 0 Å². The van der Waals surface area contributed by atoms with Gasteiger partial charge >= 0.3 is 0 Å². The van der Waals surface area contributed by atoms with Crippen molar-refractivity contribution in [3.63, 3.8) is 0 Å². The van der Waals surface area contributed by atoms with Gasteiger partial charge in [0, 0.05) is 17.1 Å². The molecule has 0 aromatic heterocycles. The summed E-state index contributed by atoms with van der Waals surface area (Å²) in [5.41, 5.74) is 2.59. The van der Waals surface area contributed by atoms with Gasteiger partial charge in [-0.2, -0.15) is 11.8 Å². The van der Waals surface area contributed by atoms with Gasteiger partial charge in [0.15, 0.2) is 0 Å². The second kappa shape index (κ2) is 7.53. The second-order valence-electron chi connectivity index (χ2n) is 5.46. The number of nitrogens with one attached hydrogen (secondary N) is 1. The summed E-state index contributed by atoms with van der Waals surface area (Å²) in [7, 11) is 0. The first-order valence-corrected chi connectivity index (χ1v) is 8.72. The van der Waals surface area contributed by atoms with Crippen molar-refractivity contribution < 1.29 is 9.64 Å². The van der Waals surface area contributed by atoms with Crippen LogP contribution in [-0.2, 0) is 13.2 Å². The molecular formula is C18H22NOS+. The first-order chi connectivity index (χ1) is 10.4. The van der Waals surface area contributed by atoms with Crippen molar-refractivity contribution in [1.82, 2.24) is 0 Å². The van der Waals surface area contributed by atoms with E-state index >= 15 is 0 Å². The first kappa shape index (κ1) is 14.5. The quantitative estimate of drug-likeness (QED) is 0.911. The molecule has 110 valence electrons. The van der Waals surface area contributed by atoms with Crippen LogP contribution in [0, 0.1) is 0 Å². The first-order valence-electron chi connectivity index (χ1n) is 7.57. The number of quaternary nitrogens is 1. The van der Waals surface area contributed by atoms with Crippen molar-refractivity contribution in [3.05, 3.63) is 65.7 Å². The van der Waals surface area contributed by atoms with Crippen molar-refractivity contribution in [1.29, 1.82) is 0 Å². The minimum absolute atomic E-state index is 0.636. The van der Waals surface area contributed by atoms with Gasteiger partial charge in [-0.1, -0.05) is 42.5 Å². The van der Waals surface area contributed by atoms with Gasteiger partial charge < -0.3 is 9.64 Å².